The standard InChI is InChI=1S/C20H20O6/c1-4-9-25-15-7-5-14(6-8-15)10-19(20(21)22)26-18-12-16(23-2)11-17(13-18)24-3/h4-8,10-13H,1,9H2,2-3H3,(H,21,22). The molecule has 0 aliphatic heterocycles. The van der Waals surface area contributed by atoms with Gasteiger partial charge in [0.25, 0.3) is 0 Å². The van der Waals surface area contributed by atoms with Crippen molar-refractivity contribution in [2.45, 2.75) is 0 Å². The molecule has 136 valence electrons. The summed E-state index contributed by atoms with van der Waals surface area (Å²) in [6.45, 7) is 3.98. The molecule has 0 bridgehead atoms. The summed E-state index contributed by atoms with van der Waals surface area (Å²) in [4.78, 5) is 11.5. The predicted molar refractivity (Wildman–Crippen MR) is 97.9 cm³/mol. The molecule has 6 nitrogen and oxygen atoms in total. The molecule has 0 heterocycles. The molecule has 0 amide bonds. The fraction of sp³-hybridized carbons (Fsp3) is 0.150. The summed E-state index contributed by atoms with van der Waals surface area (Å²) in [7, 11) is 3.00. The number of carbonyl (C=O) groups is 1. The Hall–Kier alpha value is -3.41. The van der Waals surface area contributed by atoms with Gasteiger partial charge in [-0.1, -0.05) is 24.8 Å². The Kier molecular flexibility index (Phi) is 6.68. The summed E-state index contributed by atoms with van der Waals surface area (Å²) >= 11 is 0. The maximum Gasteiger partial charge on any atom is 0.371 e. The Morgan fingerprint density at radius 3 is 2.08 bits per heavy atom. The van der Waals surface area contributed by atoms with Gasteiger partial charge in [0.15, 0.2) is 0 Å². The molecule has 26 heavy (non-hydrogen) atoms. The van der Waals surface area contributed by atoms with Crippen LogP contribution in [0.3, 0.4) is 0 Å². The van der Waals surface area contributed by atoms with E-state index in [2.05, 4.69) is 6.58 Å². The Morgan fingerprint density at radius 1 is 1.00 bits per heavy atom. The maximum absolute atomic E-state index is 11.5. The lowest BCUT2D eigenvalue weighted by atomic mass is 10.2. The van der Waals surface area contributed by atoms with Crippen LogP contribution in [-0.2, 0) is 4.79 Å². The van der Waals surface area contributed by atoms with Crippen LogP contribution >= 0.6 is 0 Å². The zero-order valence-electron chi connectivity index (χ0n) is 14.6. The van der Waals surface area contributed by atoms with Crippen molar-refractivity contribution in [1.82, 2.24) is 0 Å². The van der Waals surface area contributed by atoms with Gasteiger partial charge >= 0.3 is 5.97 Å². The lowest BCUT2D eigenvalue weighted by Crippen LogP contribution is -2.07. The summed E-state index contributed by atoms with van der Waals surface area (Å²) in [5.74, 6) is 0.512. The van der Waals surface area contributed by atoms with E-state index in [9.17, 15) is 9.90 Å². The summed E-state index contributed by atoms with van der Waals surface area (Å²) in [5, 5.41) is 9.43. The predicted octanol–water partition coefficient (Wildman–Crippen LogP) is 3.77. The lowest BCUT2D eigenvalue weighted by Gasteiger charge is -2.10. The van der Waals surface area contributed by atoms with Crippen LogP contribution in [0.2, 0.25) is 0 Å². The molecule has 1 N–H and O–H groups in total. The lowest BCUT2D eigenvalue weighted by molar-refractivity contribution is -0.134. The van der Waals surface area contributed by atoms with Crippen molar-refractivity contribution < 1.29 is 28.8 Å². The normalized spacial score (nSPS) is 10.8. The Labute approximate surface area is 151 Å². The van der Waals surface area contributed by atoms with E-state index in [1.54, 1.807) is 48.5 Å². The number of carboxylic acids is 1. The maximum atomic E-state index is 11.5. The van der Waals surface area contributed by atoms with Crippen LogP contribution in [0.1, 0.15) is 5.56 Å². The second-order valence-corrected chi connectivity index (χ2v) is 5.13. The van der Waals surface area contributed by atoms with Crippen molar-refractivity contribution >= 4 is 12.0 Å². The number of benzene rings is 2. The first-order valence-electron chi connectivity index (χ1n) is 7.75. The molecule has 0 unspecified atom stereocenters. The number of carboxylic acid groups (broad SMARTS) is 1. The largest absolute Gasteiger partial charge is 0.496 e. The highest BCUT2D eigenvalue weighted by Crippen LogP contribution is 2.29. The first-order chi connectivity index (χ1) is 12.5. The quantitative estimate of drug-likeness (QED) is 0.419. The van der Waals surface area contributed by atoms with Gasteiger partial charge in [-0.05, 0) is 23.8 Å². The van der Waals surface area contributed by atoms with Crippen LogP contribution in [0.5, 0.6) is 23.0 Å². The highest BCUT2D eigenvalue weighted by molar-refractivity contribution is 5.90. The second kappa shape index (κ2) is 9.17. The van der Waals surface area contributed by atoms with E-state index >= 15 is 0 Å². The molecule has 0 spiro atoms. The molecule has 0 aromatic heterocycles. The van der Waals surface area contributed by atoms with Gasteiger partial charge in [0.1, 0.15) is 29.6 Å². The third kappa shape index (κ3) is 5.31. The number of methoxy groups -OCH3 is 2. The van der Waals surface area contributed by atoms with Crippen LogP contribution < -0.4 is 18.9 Å². The average molecular weight is 356 g/mol. The Bertz CT molecular complexity index is 770. The van der Waals surface area contributed by atoms with E-state index in [1.807, 2.05) is 0 Å². The molecule has 0 fully saturated rings. The first-order valence-corrected chi connectivity index (χ1v) is 7.75. The van der Waals surface area contributed by atoms with Gasteiger partial charge in [-0.2, -0.15) is 0 Å². The van der Waals surface area contributed by atoms with Crippen molar-refractivity contribution in [2.24, 2.45) is 0 Å². The molecule has 0 saturated carbocycles. The van der Waals surface area contributed by atoms with E-state index in [1.165, 1.54) is 20.3 Å². The molecule has 0 aliphatic carbocycles. The highest BCUT2D eigenvalue weighted by Gasteiger charge is 2.12. The average Bonchev–Trinajstić information content (AvgIpc) is 2.66. The van der Waals surface area contributed by atoms with E-state index in [0.29, 0.717) is 35.2 Å². The zero-order chi connectivity index (χ0) is 18.9. The number of hydrogen-bond donors (Lipinski definition) is 1. The highest BCUT2D eigenvalue weighted by atomic mass is 16.5. The van der Waals surface area contributed by atoms with Gasteiger partial charge in [0, 0.05) is 18.2 Å². The van der Waals surface area contributed by atoms with Crippen LogP contribution in [0.15, 0.2) is 60.9 Å². The smallest absolute Gasteiger partial charge is 0.371 e. The van der Waals surface area contributed by atoms with Crippen LogP contribution in [0.4, 0.5) is 0 Å². The van der Waals surface area contributed by atoms with Crippen molar-refractivity contribution in [2.75, 3.05) is 20.8 Å². The monoisotopic (exact) mass is 356 g/mol. The Morgan fingerprint density at radius 2 is 1.58 bits per heavy atom. The third-order valence-corrected chi connectivity index (χ3v) is 3.31. The number of rotatable bonds is 9. The molecule has 0 saturated heterocycles. The van der Waals surface area contributed by atoms with Gasteiger partial charge in [-0.15, -0.1) is 0 Å². The molecular formula is C20H20O6. The summed E-state index contributed by atoms with van der Waals surface area (Å²) in [5.41, 5.74) is 0.656. The van der Waals surface area contributed by atoms with Gasteiger partial charge in [-0.3, -0.25) is 0 Å². The number of aliphatic carboxylic acids is 1. The summed E-state index contributed by atoms with van der Waals surface area (Å²) in [6, 6.07) is 11.8. The topological polar surface area (TPSA) is 74.2 Å². The van der Waals surface area contributed by atoms with Crippen LogP contribution in [0, 0.1) is 0 Å². The fourth-order valence-electron chi connectivity index (χ4n) is 2.07. The van der Waals surface area contributed by atoms with Gasteiger partial charge in [0.05, 0.1) is 14.2 Å². The van der Waals surface area contributed by atoms with E-state index in [4.69, 9.17) is 18.9 Å². The van der Waals surface area contributed by atoms with Crippen LogP contribution in [-0.4, -0.2) is 31.9 Å². The van der Waals surface area contributed by atoms with Crippen molar-refractivity contribution in [1.29, 1.82) is 0 Å². The van der Waals surface area contributed by atoms with Crippen molar-refractivity contribution in [3.8, 4) is 23.0 Å². The van der Waals surface area contributed by atoms with Gasteiger partial charge in [-0.25, -0.2) is 4.79 Å². The number of ether oxygens (including phenoxy) is 4. The molecule has 2 aromatic carbocycles. The van der Waals surface area contributed by atoms with E-state index in [-0.39, 0.29) is 5.76 Å². The molecule has 2 aromatic rings. The van der Waals surface area contributed by atoms with Crippen LogP contribution in [0.25, 0.3) is 6.08 Å². The minimum Gasteiger partial charge on any atom is -0.496 e. The SMILES string of the molecule is C=CCOc1ccc(C=C(Oc2cc(OC)cc(OC)c2)C(=O)O)cc1. The van der Waals surface area contributed by atoms with E-state index < -0.39 is 5.97 Å². The third-order valence-electron chi connectivity index (χ3n) is 3.31. The molecule has 0 aliphatic rings. The molecular weight excluding hydrogens is 336 g/mol. The molecule has 0 atom stereocenters. The fourth-order valence-corrected chi connectivity index (χ4v) is 2.07. The van der Waals surface area contributed by atoms with E-state index in [0.717, 1.165) is 0 Å². The molecule has 0 radical (unpaired) electrons. The van der Waals surface area contributed by atoms with Gasteiger partial charge in [0.2, 0.25) is 5.76 Å². The van der Waals surface area contributed by atoms with Crippen molar-refractivity contribution in [3.63, 3.8) is 0 Å². The van der Waals surface area contributed by atoms with Crippen molar-refractivity contribution in [3.05, 3.63) is 66.4 Å². The number of hydrogen-bond acceptors (Lipinski definition) is 5. The summed E-state index contributed by atoms with van der Waals surface area (Å²) in [6.07, 6.45) is 3.07. The molecule has 2 rings (SSSR count). The van der Waals surface area contributed by atoms with Gasteiger partial charge < -0.3 is 24.1 Å². The minimum atomic E-state index is -1.20. The zero-order valence-corrected chi connectivity index (χ0v) is 14.6. The second-order valence-electron chi connectivity index (χ2n) is 5.13. The Balaban J connectivity index is 2.24. The minimum absolute atomic E-state index is 0.236. The first kappa shape index (κ1) is 18.9. The molecule has 6 heteroatoms. The summed E-state index contributed by atoms with van der Waals surface area (Å²) < 4.78 is 21.2.